The van der Waals surface area contributed by atoms with Crippen LogP contribution in [0.2, 0.25) is 0 Å². The minimum absolute atomic E-state index is 0.0169. The molecule has 1 aromatic heterocycles. The van der Waals surface area contributed by atoms with Crippen molar-refractivity contribution in [2.75, 3.05) is 5.32 Å². The van der Waals surface area contributed by atoms with Crippen LogP contribution in [0.1, 0.15) is 26.4 Å². The molecule has 0 aliphatic carbocycles. The van der Waals surface area contributed by atoms with E-state index < -0.39 is 29.0 Å². The summed E-state index contributed by atoms with van der Waals surface area (Å²) in [5, 5.41) is 11.1. The molecule has 26 heavy (non-hydrogen) atoms. The van der Waals surface area contributed by atoms with Gasteiger partial charge in [0, 0.05) is 6.54 Å². The summed E-state index contributed by atoms with van der Waals surface area (Å²) in [6.45, 7) is 0.272. The molecule has 0 fully saturated rings. The summed E-state index contributed by atoms with van der Waals surface area (Å²) in [4.78, 5) is 24.4. The van der Waals surface area contributed by atoms with E-state index in [-0.39, 0.29) is 17.9 Å². The first kappa shape index (κ1) is 17.3. The van der Waals surface area contributed by atoms with Crippen LogP contribution in [-0.4, -0.2) is 22.0 Å². The highest BCUT2D eigenvalue weighted by Crippen LogP contribution is 2.17. The second kappa shape index (κ2) is 7.56. The first-order chi connectivity index (χ1) is 12.6. The van der Waals surface area contributed by atoms with Crippen LogP contribution in [0.5, 0.6) is 0 Å². The van der Waals surface area contributed by atoms with Gasteiger partial charge in [0.2, 0.25) is 0 Å². The Morgan fingerprint density at radius 2 is 1.65 bits per heavy atom. The van der Waals surface area contributed by atoms with E-state index in [0.29, 0.717) is 0 Å². The molecule has 0 aliphatic rings. The Morgan fingerprint density at radius 1 is 0.962 bits per heavy atom. The molecule has 2 aromatic carbocycles. The Morgan fingerprint density at radius 3 is 2.35 bits per heavy atom. The number of H-pyrrole nitrogens is 1. The molecule has 0 aliphatic heterocycles. The maximum absolute atomic E-state index is 13.7. The van der Waals surface area contributed by atoms with E-state index in [1.807, 2.05) is 30.3 Å². The molecule has 0 unspecified atom stereocenters. The first-order valence-corrected chi connectivity index (χ1v) is 7.67. The van der Waals surface area contributed by atoms with Crippen molar-refractivity contribution < 1.29 is 18.4 Å². The Hall–Kier alpha value is -3.55. The SMILES string of the molecule is O=C(NCc1ccccc1)c1[nH]ncc1NC(=O)c1c(F)cccc1F. The third-order valence-electron chi connectivity index (χ3n) is 3.60. The molecule has 3 aromatic rings. The van der Waals surface area contributed by atoms with Crippen molar-refractivity contribution in [1.82, 2.24) is 15.5 Å². The molecule has 132 valence electrons. The summed E-state index contributed by atoms with van der Waals surface area (Å²) in [5.74, 6) is -3.53. The van der Waals surface area contributed by atoms with Gasteiger partial charge in [0.25, 0.3) is 11.8 Å². The van der Waals surface area contributed by atoms with Crippen molar-refractivity contribution in [1.29, 1.82) is 0 Å². The van der Waals surface area contributed by atoms with Crippen LogP contribution in [0.3, 0.4) is 0 Å². The number of hydrogen-bond acceptors (Lipinski definition) is 3. The van der Waals surface area contributed by atoms with Gasteiger partial charge in [-0.25, -0.2) is 8.78 Å². The number of carbonyl (C=O) groups is 2. The zero-order chi connectivity index (χ0) is 18.5. The van der Waals surface area contributed by atoms with Crippen molar-refractivity contribution in [3.8, 4) is 0 Å². The van der Waals surface area contributed by atoms with E-state index in [9.17, 15) is 18.4 Å². The van der Waals surface area contributed by atoms with Crippen molar-refractivity contribution in [3.05, 3.63) is 83.2 Å². The number of aromatic nitrogens is 2. The normalized spacial score (nSPS) is 10.4. The minimum Gasteiger partial charge on any atom is -0.347 e. The summed E-state index contributed by atoms with van der Waals surface area (Å²) in [7, 11) is 0. The number of rotatable bonds is 5. The Bertz CT molecular complexity index is 921. The quantitative estimate of drug-likeness (QED) is 0.657. The van der Waals surface area contributed by atoms with E-state index in [2.05, 4.69) is 20.8 Å². The molecule has 0 radical (unpaired) electrons. The number of nitrogens with zero attached hydrogens (tertiary/aromatic N) is 1. The molecule has 8 heteroatoms. The minimum atomic E-state index is -1.01. The average molecular weight is 356 g/mol. The van der Waals surface area contributed by atoms with Gasteiger partial charge in [0.05, 0.1) is 11.9 Å². The predicted molar refractivity (Wildman–Crippen MR) is 90.5 cm³/mol. The van der Waals surface area contributed by atoms with Crippen LogP contribution >= 0.6 is 0 Å². The van der Waals surface area contributed by atoms with E-state index in [4.69, 9.17) is 0 Å². The van der Waals surface area contributed by atoms with Crippen LogP contribution in [0.15, 0.2) is 54.7 Å². The molecule has 1 heterocycles. The Kier molecular flexibility index (Phi) is 5.02. The average Bonchev–Trinajstić information content (AvgIpc) is 3.08. The van der Waals surface area contributed by atoms with Gasteiger partial charge in [-0.15, -0.1) is 0 Å². The van der Waals surface area contributed by atoms with E-state index in [0.717, 1.165) is 23.8 Å². The van der Waals surface area contributed by atoms with Crippen LogP contribution in [0.25, 0.3) is 0 Å². The van der Waals surface area contributed by atoms with Gasteiger partial charge in [-0.1, -0.05) is 36.4 Å². The molecule has 0 saturated heterocycles. The third kappa shape index (κ3) is 3.75. The summed E-state index contributed by atoms with van der Waals surface area (Å²) in [6, 6.07) is 12.3. The molecular weight excluding hydrogens is 342 g/mol. The van der Waals surface area contributed by atoms with Gasteiger partial charge in [-0.3, -0.25) is 14.7 Å². The van der Waals surface area contributed by atoms with Gasteiger partial charge in [0.1, 0.15) is 22.9 Å². The molecule has 3 N–H and O–H groups in total. The molecule has 3 rings (SSSR count). The number of anilines is 1. The summed E-state index contributed by atoms with van der Waals surface area (Å²) in [5.41, 5.74) is 0.151. The predicted octanol–water partition coefficient (Wildman–Crippen LogP) is 2.87. The lowest BCUT2D eigenvalue weighted by molar-refractivity contribution is 0.0946. The number of amides is 2. The topological polar surface area (TPSA) is 86.9 Å². The van der Waals surface area contributed by atoms with E-state index >= 15 is 0 Å². The number of carbonyl (C=O) groups excluding carboxylic acids is 2. The van der Waals surface area contributed by atoms with Gasteiger partial charge >= 0.3 is 0 Å². The standard InChI is InChI=1S/C18H14F2N4O2/c19-12-7-4-8-13(20)15(12)17(25)23-14-10-22-24-16(14)18(26)21-9-11-5-2-1-3-6-11/h1-8,10H,9H2,(H,21,26)(H,22,24)(H,23,25). The largest absolute Gasteiger partial charge is 0.347 e. The lowest BCUT2D eigenvalue weighted by atomic mass is 10.2. The lowest BCUT2D eigenvalue weighted by Crippen LogP contribution is -2.25. The molecule has 0 bridgehead atoms. The van der Waals surface area contributed by atoms with Crippen molar-refractivity contribution in [2.45, 2.75) is 6.54 Å². The Labute approximate surface area is 147 Å². The Balaban J connectivity index is 1.72. The van der Waals surface area contributed by atoms with Crippen LogP contribution in [0, 0.1) is 11.6 Å². The maximum atomic E-state index is 13.7. The number of hydrogen-bond donors (Lipinski definition) is 3. The number of nitrogens with one attached hydrogen (secondary N) is 3. The zero-order valence-electron chi connectivity index (χ0n) is 13.4. The number of halogens is 2. The van der Waals surface area contributed by atoms with Gasteiger partial charge in [0.15, 0.2) is 0 Å². The van der Waals surface area contributed by atoms with Crippen molar-refractivity contribution in [3.63, 3.8) is 0 Å². The second-order valence-corrected chi connectivity index (χ2v) is 5.38. The fraction of sp³-hybridized carbons (Fsp3) is 0.0556. The fourth-order valence-electron chi connectivity index (χ4n) is 2.32. The number of aromatic amines is 1. The molecule has 0 spiro atoms. The highest BCUT2D eigenvalue weighted by atomic mass is 19.1. The van der Waals surface area contributed by atoms with Gasteiger partial charge in [-0.05, 0) is 17.7 Å². The highest BCUT2D eigenvalue weighted by molar-refractivity contribution is 6.08. The highest BCUT2D eigenvalue weighted by Gasteiger charge is 2.21. The summed E-state index contributed by atoms with van der Waals surface area (Å²) < 4.78 is 27.4. The lowest BCUT2D eigenvalue weighted by Gasteiger charge is -2.08. The van der Waals surface area contributed by atoms with E-state index in [1.54, 1.807) is 0 Å². The van der Waals surface area contributed by atoms with Crippen LogP contribution in [0.4, 0.5) is 14.5 Å². The monoisotopic (exact) mass is 356 g/mol. The summed E-state index contributed by atoms with van der Waals surface area (Å²) in [6.07, 6.45) is 1.19. The molecule has 0 saturated carbocycles. The second-order valence-electron chi connectivity index (χ2n) is 5.38. The maximum Gasteiger partial charge on any atom is 0.271 e. The van der Waals surface area contributed by atoms with Crippen LogP contribution < -0.4 is 10.6 Å². The number of benzene rings is 2. The zero-order valence-corrected chi connectivity index (χ0v) is 13.4. The van der Waals surface area contributed by atoms with Crippen molar-refractivity contribution in [2.24, 2.45) is 0 Å². The van der Waals surface area contributed by atoms with Crippen molar-refractivity contribution >= 4 is 17.5 Å². The molecule has 6 nitrogen and oxygen atoms in total. The molecular formula is C18H14F2N4O2. The summed E-state index contributed by atoms with van der Waals surface area (Å²) >= 11 is 0. The fourth-order valence-corrected chi connectivity index (χ4v) is 2.32. The van der Waals surface area contributed by atoms with Gasteiger partial charge in [-0.2, -0.15) is 5.10 Å². The molecule has 0 atom stereocenters. The van der Waals surface area contributed by atoms with Gasteiger partial charge < -0.3 is 10.6 Å². The molecule has 2 amide bonds. The van der Waals surface area contributed by atoms with Crippen LogP contribution in [-0.2, 0) is 6.54 Å². The smallest absolute Gasteiger partial charge is 0.271 e. The van der Waals surface area contributed by atoms with E-state index in [1.165, 1.54) is 6.20 Å². The first-order valence-electron chi connectivity index (χ1n) is 7.67. The third-order valence-corrected chi connectivity index (χ3v) is 3.60.